The Morgan fingerprint density at radius 1 is 1.07 bits per heavy atom. The monoisotopic (exact) mass is 417 g/mol. The molecule has 3 N–H and O–H groups in total. The number of carbonyl (C=O) groups is 1. The second-order valence-electron chi connectivity index (χ2n) is 5.70. The van der Waals surface area contributed by atoms with Gasteiger partial charge in [-0.3, -0.25) is 4.72 Å². The number of aromatic nitrogens is 2. The van der Waals surface area contributed by atoms with Gasteiger partial charge < -0.3 is 10.2 Å². The Balaban J connectivity index is 1.90. The van der Waals surface area contributed by atoms with Gasteiger partial charge in [0.25, 0.3) is 10.0 Å². The molecule has 0 unspecified atom stereocenters. The summed E-state index contributed by atoms with van der Waals surface area (Å²) in [5, 5.41) is 20.1. The number of benzene rings is 1. The molecule has 0 fully saturated rings. The van der Waals surface area contributed by atoms with Crippen LogP contribution in [0.4, 0.5) is 5.69 Å². The van der Waals surface area contributed by atoms with Gasteiger partial charge in [0.2, 0.25) is 0 Å². The largest absolute Gasteiger partial charge is 0.507 e. The van der Waals surface area contributed by atoms with Gasteiger partial charge in [0.05, 0.1) is 10.6 Å². The molecule has 0 bridgehead atoms. The maximum Gasteiger partial charge on any atom is 0.339 e. The maximum absolute atomic E-state index is 12.8. The first-order valence-electron chi connectivity index (χ1n) is 7.91. The fourth-order valence-corrected chi connectivity index (χ4v) is 4.46. The van der Waals surface area contributed by atoms with Crippen molar-refractivity contribution in [3.63, 3.8) is 0 Å². The third kappa shape index (κ3) is 4.41. The average molecular weight is 417 g/mol. The van der Waals surface area contributed by atoms with Crippen molar-refractivity contribution in [3.8, 4) is 5.75 Å². The van der Waals surface area contributed by atoms with Crippen molar-refractivity contribution in [2.24, 2.45) is 0 Å². The first-order valence-corrected chi connectivity index (χ1v) is 10.2. The number of anilines is 1. The fraction of sp³-hybridized carbons (Fsp3) is 0.0556. The first-order chi connectivity index (χ1) is 13.3. The summed E-state index contributed by atoms with van der Waals surface area (Å²) in [6.07, 6.45) is 3.10. The molecule has 0 atom stereocenters. The van der Waals surface area contributed by atoms with Crippen LogP contribution in [0.15, 0.2) is 69.8 Å². The van der Waals surface area contributed by atoms with Crippen LogP contribution in [0.3, 0.4) is 0 Å². The van der Waals surface area contributed by atoms with Gasteiger partial charge >= 0.3 is 5.97 Å². The molecular formula is C18H15N3O5S2. The number of hydrogen-bond donors (Lipinski definition) is 3. The molecule has 28 heavy (non-hydrogen) atoms. The number of carboxylic acids is 1. The van der Waals surface area contributed by atoms with Crippen LogP contribution in [0, 0.1) is 6.92 Å². The zero-order chi connectivity index (χ0) is 20.3. The van der Waals surface area contributed by atoms with Crippen molar-refractivity contribution < 1.29 is 23.4 Å². The van der Waals surface area contributed by atoms with Crippen molar-refractivity contribution >= 4 is 33.4 Å². The number of aryl methyl sites for hydroxylation is 1. The summed E-state index contributed by atoms with van der Waals surface area (Å²) in [5.74, 6) is -1.92. The predicted molar refractivity (Wildman–Crippen MR) is 103 cm³/mol. The van der Waals surface area contributed by atoms with E-state index in [2.05, 4.69) is 14.7 Å². The van der Waals surface area contributed by atoms with Crippen LogP contribution in [-0.2, 0) is 10.0 Å². The highest BCUT2D eigenvalue weighted by Crippen LogP contribution is 2.29. The van der Waals surface area contributed by atoms with Gasteiger partial charge in [-0.05, 0) is 48.9 Å². The molecule has 2 heterocycles. The Morgan fingerprint density at radius 3 is 2.50 bits per heavy atom. The Hall–Kier alpha value is -3.11. The molecular weight excluding hydrogens is 402 g/mol. The van der Waals surface area contributed by atoms with Gasteiger partial charge in [0.15, 0.2) is 0 Å². The molecule has 0 aliphatic heterocycles. The van der Waals surface area contributed by atoms with E-state index in [1.165, 1.54) is 30.9 Å². The summed E-state index contributed by atoms with van der Waals surface area (Å²) in [6.45, 7) is 1.47. The quantitative estimate of drug-likeness (QED) is 0.558. The van der Waals surface area contributed by atoms with Gasteiger partial charge in [-0.2, -0.15) is 0 Å². The summed E-state index contributed by atoms with van der Waals surface area (Å²) in [4.78, 5) is 19.3. The molecule has 0 radical (unpaired) electrons. The number of carboxylic acid groups (broad SMARTS) is 1. The number of aromatic carboxylic acids is 1. The molecule has 144 valence electrons. The van der Waals surface area contributed by atoms with Gasteiger partial charge in [0.1, 0.15) is 21.4 Å². The zero-order valence-corrected chi connectivity index (χ0v) is 16.2. The van der Waals surface area contributed by atoms with Crippen LogP contribution in [0.2, 0.25) is 0 Å². The molecule has 8 nitrogen and oxygen atoms in total. The summed E-state index contributed by atoms with van der Waals surface area (Å²) in [5.41, 5.74) is -0.0166. The van der Waals surface area contributed by atoms with Crippen LogP contribution < -0.4 is 4.72 Å². The minimum absolute atomic E-state index is 0.215. The molecule has 2 aromatic heterocycles. The summed E-state index contributed by atoms with van der Waals surface area (Å²) in [6, 6.07) is 10.5. The first kappa shape index (κ1) is 19.6. The fourth-order valence-electron chi connectivity index (χ4n) is 2.39. The lowest BCUT2D eigenvalue weighted by Crippen LogP contribution is -2.15. The van der Waals surface area contributed by atoms with E-state index in [1.54, 1.807) is 24.4 Å². The predicted octanol–water partition coefficient (Wildman–Crippen LogP) is 3.14. The van der Waals surface area contributed by atoms with E-state index in [-0.39, 0.29) is 16.1 Å². The highest BCUT2D eigenvalue weighted by atomic mass is 32.2. The van der Waals surface area contributed by atoms with Gasteiger partial charge in [0, 0.05) is 12.4 Å². The minimum atomic E-state index is -4.08. The third-order valence-electron chi connectivity index (χ3n) is 3.65. The number of phenols is 1. The summed E-state index contributed by atoms with van der Waals surface area (Å²) < 4.78 is 27.9. The summed E-state index contributed by atoms with van der Waals surface area (Å²) in [7, 11) is -4.08. The van der Waals surface area contributed by atoms with E-state index in [1.807, 2.05) is 6.07 Å². The van der Waals surface area contributed by atoms with Crippen LogP contribution in [0.5, 0.6) is 5.75 Å². The van der Waals surface area contributed by atoms with E-state index in [4.69, 9.17) is 5.11 Å². The summed E-state index contributed by atoms with van der Waals surface area (Å²) >= 11 is 1.27. The molecule has 0 aliphatic carbocycles. The van der Waals surface area contributed by atoms with Crippen LogP contribution in [-0.4, -0.2) is 34.6 Å². The smallest absolute Gasteiger partial charge is 0.339 e. The molecule has 10 heteroatoms. The normalized spacial score (nSPS) is 11.2. The molecule has 3 aromatic rings. The number of hydrogen-bond acceptors (Lipinski definition) is 7. The van der Waals surface area contributed by atoms with Crippen molar-refractivity contribution in [2.75, 3.05) is 4.72 Å². The van der Waals surface area contributed by atoms with Gasteiger partial charge in [-0.15, -0.1) is 0 Å². The van der Waals surface area contributed by atoms with Crippen LogP contribution in [0.25, 0.3) is 0 Å². The molecule has 0 amide bonds. The number of aromatic hydroxyl groups is 1. The third-order valence-corrected chi connectivity index (χ3v) is 6.05. The number of sulfonamides is 1. The second kappa shape index (κ2) is 7.87. The van der Waals surface area contributed by atoms with Crippen molar-refractivity contribution in [3.05, 3.63) is 66.0 Å². The van der Waals surface area contributed by atoms with Crippen LogP contribution in [0.1, 0.15) is 15.9 Å². The number of pyridine rings is 2. The lowest BCUT2D eigenvalue weighted by Gasteiger charge is -2.12. The Labute approximate surface area is 165 Å². The molecule has 1 aromatic carbocycles. The molecule has 0 saturated carbocycles. The van der Waals surface area contributed by atoms with Gasteiger partial charge in [-0.25, -0.2) is 23.2 Å². The zero-order valence-electron chi connectivity index (χ0n) is 14.5. The Morgan fingerprint density at radius 2 is 1.82 bits per heavy atom. The van der Waals surface area contributed by atoms with Crippen LogP contribution >= 0.6 is 11.8 Å². The van der Waals surface area contributed by atoms with E-state index in [0.29, 0.717) is 10.1 Å². The number of rotatable bonds is 6. The lowest BCUT2D eigenvalue weighted by molar-refractivity contribution is 0.0693. The second-order valence-corrected chi connectivity index (χ2v) is 8.39. The maximum atomic E-state index is 12.8. The van der Waals surface area contributed by atoms with Crippen molar-refractivity contribution in [1.82, 2.24) is 9.97 Å². The molecule has 3 rings (SSSR count). The molecule has 0 spiro atoms. The molecule has 0 saturated heterocycles. The van der Waals surface area contributed by atoms with E-state index in [9.17, 15) is 18.3 Å². The highest BCUT2D eigenvalue weighted by Gasteiger charge is 2.22. The standard InChI is InChI=1S/C18H15N3O5S2/c1-11-8-14(22)13(18(23)24)10-15(11)28(25,26)21-12-5-7-20-17(9-12)27-16-4-2-3-6-19-16/h2-10,22H,1H3,(H,20,21)(H,23,24). The Bertz CT molecular complexity index is 1140. The van der Waals surface area contributed by atoms with E-state index in [0.717, 1.165) is 12.1 Å². The number of nitrogens with zero attached hydrogens (tertiary/aromatic N) is 2. The van der Waals surface area contributed by atoms with Crippen molar-refractivity contribution in [2.45, 2.75) is 21.9 Å². The topological polar surface area (TPSA) is 129 Å². The lowest BCUT2D eigenvalue weighted by atomic mass is 10.1. The molecule has 0 aliphatic rings. The Kier molecular flexibility index (Phi) is 5.52. The SMILES string of the molecule is Cc1cc(O)c(C(=O)O)cc1S(=O)(=O)Nc1ccnc(Sc2ccccn2)c1. The number of nitrogens with one attached hydrogen (secondary N) is 1. The average Bonchev–Trinajstić information content (AvgIpc) is 2.62. The minimum Gasteiger partial charge on any atom is -0.507 e. The van der Waals surface area contributed by atoms with Gasteiger partial charge in [-0.1, -0.05) is 17.8 Å². The highest BCUT2D eigenvalue weighted by molar-refractivity contribution is 7.99. The van der Waals surface area contributed by atoms with Crippen molar-refractivity contribution in [1.29, 1.82) is 0 Å². The van der Waals surface area contributed by atoms with E-state index < -0.39 is 27.3 Å². The van der Waals surface area contributed by atoms with E-state index >= 15 is 0 Å².